The van der Waals surface area contributed by atoms with Gasteiger partial charge in [0.25, 0.3) is 0 Å². The van der Waals surface area contributed by atoms with Gasteiger partial charge in [0, 0.05) is 18.8 Å². The second-order valence-electron chi connectivity index (χ2n) is 4.89. The SMILES string of the molecule is COCC(C)NC(=S)Nc1ccc(Oc2ccccc2)cc1. The smallest absolute Gasteiger partial charge is 0.171 e. The van der Waals surface area contributed by atoms with Crippen molar-refractivity contribution in [1.82, 2.24) is 5.32 Å². The van der Waals surface area contributed by atoms with Crippen LogP contribution >= 0.6 is 12.2 Å². The summed E-state index contributed by atoms with van der Waals surface area (Å²) in [7, 11) is 1.67. The summed E-state index contributed by atoms with van der Waals surface area (Å²) < 4.78 is 10.8. The van der Waals surface area contributed by atoms with Crippen LogP contribution in [0, 0.1) is 0 Å². The highest BCUT2D eigenvalue weighted by molar-refractivity contribution is 7.80. The van der Waals surface area contributed by atoms with Crippen LogP contribution in [0.25, 0.3) is 0 Å². The summed E-state index contributed by atoms with van der Waals surface area (Å²) in [6, 6.07) is 17.5. The topological polar surface area (TPSA) is 42.5 Å². The minimum Gasteiger partial charge on any atom is -0.457 e. The minimum absolute atomic E-state index is 0.158. The van der Waals surface area contributed by atoms with E-state index in [1.807, 2.05) is 61.5 Å². The molecule has 1 atom stereocenters. The Morgan fingerprint density at radius 2 is 1.68 bits per heavy atom. The van der Waals surface area contributed by atoms with E-state index in [0.717, 1.165) is 17.2 Å². The number of thiocarbonyl (C=S) groups is 1. The molecule has 0 spiro atoms. The molecule has 0 aromatic heterocycles. The molecule has 0 aliphatic rings. The van der Waals surface area contributed by atoms with Crippen LogP contribution < -0.4 is 15.4 Å². The molecule has 22 heavy (non-hydrogen) atoms. The Bertz CT molecular complexity index is 587. The highest BCUT2D eigenvalue weighted by Crippen LogP contribution is 2.22. The van der Waals surface area contributed by atoms with E-state index >= 15 is 0 Å². The molecule has 1 unspecified atom stereocenters. The van der Waals surface area contributed by atoms with Crippen molar-refractivity contribution in [1.29, 1.82) is 0 Å². The van der Waals surface area contributed by atoms with Crippen LogP contribution in [0.2, 0.25) is 0 Å². The zero-order chi connectivity index (χ0) is 15.8. The van der Waals surface area contributed by atoms with Gasteiger partial charge in [0.05, 0.1) is 6.61 Å². The molecule has 0 aliphatic heterocycles. The van der Waals surface area contributed by atoms with E-state index in [-0.39, 0.29) is 6.04 Å². The monoisotopic (exact) mass is 316 g/mol. The van der Waals surface area contributed by atoms with Crippen LogP contribution in [-0.4, -0.2) is 24.9 Å². The average Bonchev–Trinajstić information content (AvgIpc) is 2.50. The summed E-state index contributed by atoms with van der Waals surface area (Å²) in [5, 5.41) is 6.85. The fourth-order valence-electron chi connectivity index (χ4n) is 1.91. The van der Waals surface area contributed by atoms with Crippen LogP contribution in [-0.2, 0) is 4.74 Å². The Labute approximate surface area is 136 Å². The maximum absolute atomic E-state index is 5.74. The van der Waals surface area contributed by atoms with Gasteiger partial charge in [-0.15, -0.1) is 0 Å². The van der Waals surface area contributed by atoms with Crippen LogP contribution in [0.15, 0.2) is 54.6 Å². The Hall–Kier alpha value is -2.11. The summed E-state index contributed by atoms with van der Waals surface area (Å²) in [5.74, 6) is 1.59. The fourth-order valence-corrected chi connectivity index (χ4v) is 2.23. The maximum Gasteiger partial charge on any atom is 0.171 e. The molecule has 0 bridgehead atoms. The lowest BCUT2D eigenvalue weighted by Crippen LogP contribution is -2.38. The zero-order valence-corrected chi connectivity index (χ0v) is 13.5. The van der Waals surface area contributed by atoms with E-state index < -0.39 is 0 Å². The van der Waals surface area contributed by atoms with Gasteiger partial charge in [0.1, 0.15) is 11.5 Å². The predicted octanol–water partition coefficient (Wildman–Crippen LogP) is 3.80. The van der Waals surface area contributed by atoms with Gasteiger partial charge in [-0.1, -0.05) is 18.2 Å². The number of rotatable bonds is 6. The van der Waals surface area contributed by atoms with Gasteiger partial charge in [-0.3, -0.25) is 0 Å². The number of benzene rings is 2. The van der Waals surface area contributed by atoms with Gasteiger partial charge < -0.3 is 20.1 Å². The fraction of sp³-hybridized carbons (Fsp3) is 0.235. The van der Waals surface area contributed by atoms with Crippen molar-refractivity contribution in [3.8, 4) is 11.5 Å². The van der Waals surface area contributed by atoms with Crippen molar-refractivity contribution in [2.75, 3.05) is 19.0 Å². The number of hydrogen-bond donors (Lipinski definition) is 2. The first kappa shape index (κ1) is 16.3. The lowest BCUT2D eigenvalue weighted by Gasteiger charge is -2.16. The molecular weight excluding hydrogens is 296 g/mol. The predicted molar refractivity (Wildman–Crippen MR) is 93.7 cm³/mol. The van der Waals surface area contributed by atoms with Crippen molar-refractivity contribution in [2.45, 2.75) is 13.0 Å². The highest BCUT2D eigenvalue weighted by atomic mass is 32.1. The molecule has 2 aromatic carbocycles. The second-order valence-corrected chi connectivity index (χ2v) is 5.30. The molecule has 0 heterocycles. The van der Waals surface area contributed by atoms with Crippen LogP contribution in [0.1, 0.15) is 6.92 Å². The molecular formula is C17H20N2O2S. The van der Waals surface area contributed by atoms with Crippen molar-refractivity contribution in [3.63, 3.8) is 0 Å². The number of anilines is 1. The van der Waals surface area contributed by atoms with E-state index in [4.69, 9.17) is 21.7 Å². The molecule has 116 valence electrons. The third-order valence-corrected chi connectivity index (χ3v) is 3.11. The molecule has 0 saturated heterocycles. The van der Waals surface area contributed by atoms with Gasteiger partial charge in [-0.25, -0.2) is 0 Å². The molecule has 2 rings (SSSR count). The molecule has 2 aromatic rings. The van der Waals surface area contributed by atoms with E-state index in [2.05, 4.69) is 10.6 Å². The first-order chi connectivity index (χ1) is 10.7. The maximum atomic E-state index is 5.74. The molecule has 0 saturated carbocycles. The van der Waals surface area contributed by atoms with Crippen LogP contribution in [0.4, 0.5) is 5.69 Å². The molecule has 0 aliphatic carbocycles. The van der Waals surface area contributed by atoms with Gasteiger partial charge in [-0.05, 0) is 55.5 Å². The van der Waals surface area contributed by atoms with Gasteiger partial charge >= 0.3 is 0 Å². The van der Waals surface area contributed by atoms with Gasteiger partial charge in [0.2, 0.25) is 0 Å². The zero-order valence-electron chi connectivity index (χ0n) is 12.7. The first-order valence-electron chi connectivity index (χ1n) is 7.07. The number of nitrogens with one attached hydrogen (secondary N) is 2. The first-order valence-corrected chi connectivity index (χ1v) is 7.47. The molecule has 4 nitrogen and oxygen atoms in total. The molecule has 0 amide bonds. The molecule has 0 radical (unpaired) electrons. The summed E-state index contributed by atoms with van der Waals surface area (Å²) in [5.41, 5.74) is 0.905. The Morgan fingerprint density at radius 3 is 2.32 bits per heavy atom. The molecule has 5 heteroatoms. The largest absolute Gasteiger partial charge is 0.457 e. The minimum atomic E-state index is 0.158. The molecule has 0 fully saturated rings. The number of para-hydroxylation sites is 1. The quantitative estimate of drug-likeness (QED) is 0.794. The number of hydrogen-bond acceptors (Lipinski definition) is 3. The van der Waals surface area contributed by atoms with Crippen LogP contribution in [0.5, 0.6) is 11.5 Å². The second kappa shape index (κ2) is 8.36. The van der Waals surface area contributed by atoms with Gasteiger partial charge in [0.15, 0.2) is 5.11 Å². The number of methoxy groups -OCH3 is 1. The highest BCUT2D eigenvalue weighted by Gasteiger charge is 2.04. The summed E-state index contributed by atoms with van der Waals surface area (Å²) >= 11 is 5.26. The Balaban J connectivity index is 1.88. The normalized spacial score (nSPS) is 11.5. The summed E-state index contributed by atoms with van der Waals surface area (Å²) in [6.07, 6.45) is 0. The Kier molecular flexibility index (Phi) is 6.18. The van der Waals surface area contributed by atoms with Crippen molar-refractivity contribution in [2.24, 2.45) is 0 Å². The standard InChI is InChI=1S/C17H20N2O2S/c1-13(12-20-2)18-17(22)19-14-8-10-16(11-9-14)21-15-6-4-3-5-7-15/h3-11,13H,12H2,1-2H3,(H2,18,19,22). The van der Waals surface area contributed by atoms with Crippen molar-refractivity contribution in [3.05, 3.63) is 54.6 Å². The lowest BCUT2D eigenvalue weighted by molar-refractivity contribution is 0.179. The third-order valence-electron chi connectivity index (χ3n) is 2.89. The molecule has 2 N–H and O–H groups in total. The van der Waals surface area contributed by atoms with E-state index in [1.54, 1.807) is 7.11 Å². The van der Waals surface area contributed by atoms with Gasteiger partial charge in [-0.2, -0.15) is 0 Å². The van der Waals surface area contributed by atoms with Crippen molar-refractivity contribution < 1.29 is 9.47 Å². The summed E-state index contributed by atoms with van der Waals surface area (Å²) in [6.45, 7) is 2.61. The average molecular weight is 316 g/mol. The number of ether oxygens (including phenoxy) is 2. The van der Waals surface area contributed by atoms with E-state index in [0.29, 0.717) is 11.7 Å². The van der Waals surface area contributed by atoms with Crippen LogP contribution in [0.3, 0.4) is 0 Å². The summed E-state index contributed by atoms with van der Waals surface area (Å²) in [4.78, 5) is 0. The third kappa shape index (κ3) is 5.35. The Morgan fingerprint density at radius 1 is 1.05 bits per heavy atom. The van der Waals surface area contributed by atoms with Crippen molar-refractivity contribution >= 4 is 23.0 Å². The lowest BCUT2D eigenvalue weighted by atomic mass is 10.3. The van der Waals surface area contributed by atoms with E-state index in [1.165, 1.54) is 0 Å². The van der Waals surface area contributed by atoms with E-state index in [9.17, 15) is 0 Å².